The minimum atomic E-state index is -1.03. The van der Waals surface area contributed by atoms with Crippen LogP contribution in [-0.4, -0.2) is 42.3 Å². The standard InChI is InChI=1S/C27H34N2O5/c1-4-9-24(26(31)32)29-25(30)14-18(17(2)3)15-28-27(33)34-16-23-21-12-7-5-10-19(21)20-11-6-8-13-22(20)23/h5-8,10-13,17-18,23-24H,4,9,14-16H2,1-3H3,(H,28,33)(H,29,30)(H,31,32)/t18?,24-/m0/s1. The van der Waals surface area contributed by atoms with Gasteiger partial charge in [0, 0.05) is 18.9 Å². The van der Waals surface area contributed by atoms with Crippen molar-refractivity contribution in [2.75, 3.05) is 13.2 Å². The van der Waals surface area contributed by atoms with Crippen LogP contribution in [0.2, 0.25) is 0 Å². The van der Waals surface area contributed by atoms with Crippen molar-refractivity contribution < 1.29 is 24.2 Å². The zero-order valence-corrected chi connectivity index (χ0v) is 20.0. The van der Waals surface area contributed by atoms with Crippen LogP contribution in [0.3, 0.4) is 0 Å². The molecule has 2 atom stereocenters. The van der Waals surface area contributed by atoms with E-state index in [0.717, 1.165) is 11.1 Å². The number of carbonyl (C=O) groups is 3. The number of ether oxygens (including phenoxy) is 1. The molecular formula is C27H34N2O5. The largest absolute Gasteiger partial charge is 0.480 e. The van der Waals surface area contributed by atoms with E-state index in [4.69, 9.17) is 4.74 Å². The molecule has 2 amide bonds. The molecule has 3 N–H and O–H groups in total. The molecule has 182 valence electrons. The molecule has 3 rings (SSSR count). The molecule has 0 radical (unpaired) electrons. The molecule has 0 saturated heterocycles. The number of aliphatic carboxylic acids is 1. The molecule has 7 nitrogen and oxygen atoms in total. The molecule has 0 heterocycles. The van der Waals surface area contributed by atoms with Gasteiger partial charge in [0.15, 0.2) is 0 Å². The minimum Gasteiger partial charge on any atom is -0.480 e. The van der Waals surface area contributed by atoms with Crippen LogP contribution < -0.4 is 10.6 Å². The molecule has 0 bridgehead atoms. The number of rotatable bonds is 11. The first-order chi connectivity index (χ1) is 16.3. The lowest BCUT2D eigenvalue weighted by Gasteiger charge is -2.22. The van der Waals surface area contributed by atoms with Gasteiger partial charge in [-0.05, 0) is 40.5 Å². The Labute approximate surface area is 200 Å². The van der Waals surface area contributed by atoms with Crippen LogP contribution in [0.15, 0.2) is 48.5 Å². The van der Waals surface area contributed by atoms with Gasteiger partial charge in [0.05, 0.1) is 0 Å². The van der Waals surface area contributed by atoms with E-state index in [1.54, 1.807) is 0 Å². The third-order valence-electron chi connectivity index (χ3n) is 6.45. The summed E-state index contributed by atoms with van der Waals surface area (Å²) in [6.45, 7) is 6.31. The molecule has 0 aliphatic heterocycles. The first kappa shape index (κ1) is 25.3. The van der Waals surface area contributed by atoms with Crippen molar-refractivity contribution in [1.82, 2.24) is 10.6 Å². The molecule has 0 aromatic heterocycles. The molecule has 1 unspecified atom stereocenters. The summed E-state index contributed by atoms with van der Waals surface area (Å²) in [4.78, 5) is 36.2. The van der Waals surface area contributed by atoms with E-state index in [-0.39, 0.29) is 43.2 Å². The van der Waals surface area contributed by atoms with Gasteiger partial charge >= 0.3 is 12.1 Å². The first-order valence-electron chi connectivity index (χ1n) is 11.9. The summed E-state index contributed by atoms with van der Waals surface area (Å²) in [5.41, 5.74) is 4.63. The Morgan fingerprint density at radius 3 is 2.12 bits per heavy atom. The van der Waals surface area contributed by atoms with E-state index in [2.05, 4.69) is 34.9 Å². The van der Waals surface area contributed by atoms with E-state index in [0.29, 0.717) is 12.8 Å². The Balaban J connectivity index is 1.53. The van der Waals surface area contributed by atoms with Crippen molar-refractivity contribution in [3.63, 3.8) is 0 Å². The second kappa shape index (κ2) is 11.7. The van der Waals surface area contributed by atoms with Gasteiger partial charge in [0.1, 0.15) is 12.6 Å². The fraction of sp³-hybridized carbons (Fsp3) is 0.444. The van der Waals surface area contributed by atoms with Crippen LogP contribution in [-0.2, 0) is 14.3 Å². The predicted molar refractivity (Wildman–Crippen MR) is 130 cm³/mol. The molecule has 7 heteroatoms. The normalized spacial score (nSPS) is 14.1. The third kappa shape index (κ3) is 6.16. The second-order valence-corrected chi connectivity index (χ2v) is 9.16. The molecule has 2 aromatic carbocycles. The van der Waals surface area contributed by atoms with Gasteiger partial charge in [-0.1, -0.05) is 75.7 Å². The SMILES string of the molecule is CCC[C@H](NC(=O)CC(CNC(=O)OCC1c2ccccc2-c2ccccc21)C(C)C)C(=O)O. The van der Waals surface area contributed by atoms with E-state index < -0.39 is 18.1 Å². The second-order valence-electron chi connectivity index (χ2n) is 9.16. The lowest BCUT2D eigenvalue weighted by molar-refractivity contribution is -0.142. The zero-order chi connectivity index (χ0) is 24.7. The predicted octanol–water partition coefficient (Wildman–Crippen LogP) is 4.56. The van der Waals surface area contributed by atoms with E-state index in [1.807, 2.05) is 45.0 Å². The number of carboxylic acid groups (broad SMARTS) is 1. The van der Waals surface area contributed by atoms with Crippen molar-refractivity contribution in [2.45, 2.75) is 52.0 Å². The Hall–Kier alpha value is -3.35. The number of fused-ring (bicyclic) bond motifs is 3. The maximum absolute atomic E-state index is 12.5. The van der Waals surface area contributed by atoms with Crippen LogP contribution in [0.25, 0.3) is 11.1 Å². The maximum Gasteiger partial charge on any atom is 0.407 e. The summed E-state index contributed by atoms with van der Waals surface area (Å²) in [6, 6.07) is 15.4. The average Bonchev–Trinajstić information content (AvgIpc) is 3.13. The van der Waals surface area contributed by atoms with Crippen LogP contribution in [0.4, 0.5) is 4.79 Å². The lowest BCUT2D eigenvalue weighted by Crippen LogP contribution is -2.42. The van der Waals surface area contributed by atoms with Gasteiger partial charge in [-0.2, -0.15) is 0 Å². The third-order valence-corrected chi connectivity index (χ3v) is 6.45. The molecule has 2 aromatic rings. The molecule has 0 spiro atoms. The molecule has 0 saturated carbocycles. The summed E-state index contributed by atoms with van der Waals surface area (Å²) in [6.07, 6.45) is 0.649. The monoisotopic (exact) mass is 466 g/mol. The Morgan fingerprint density at radius 2 is 1.59 bits per heavy atom. The van der Waals surface area contributed by atoms with Gasteiger partial charge in [0.25, 0.3) is 0 Å². The number of carboxylic acids is 1. The Bertz CT molecular complexity index is 974. The molecule has 34 heavy (non-hydrogen) atoms. The fourth-order valence-electron chi connectivity index (χ4n) is 4.44. The summed E-state index contributed by atoms with van der Waals surface area (Å²) >= 11 is 0. The highest BCUT2D eigenvalue weighted by atomic mass is 16.5. The first-order valence-corrected chi connectivity index (χ1v) is 11.9. The molecule has 1 aliphatic rings. The van der Waals surface area contributed by atoms with Crippen molar-refractivity contribution in [1.29, 1.82) is 0 Å². The highest BCUT2D eigenvalue weighted by Gasteiger charge is 2.29. The molecule has 0 fully saturated rings. The van der Waals surface area contributed by atoms with Gasteiger partial charge in [-0.15, -0.1) is 0 Å². The zero-order valence-electron chi connectivity index (χ0n) is 20.0. The van der Waals surface area contributed by atoms with Crippen molar-refractivity contribution in [3.05, 3.63) is 59.7 Å². The van der Waals surface area contributed by atoms with Gasteiger partial charge in [-0.3, -0.25) is 4.79 Å². The highest BCUT2D eigenvalue weighted by Crippen LogP contribution is 2.44. The quantitative estimate of drug-likeness (QED) is 0.450. The van der Waals surface area contributed by atoms with E-state index >= 15 is 0 Å². The van der Waals surface area contributed by atoms with E-state index in [9.17, 15) is 19.5 Å². The lowest BCUT2D eigenvalue weighted by atomic mass is 9.92. The highest BCUT2D eigenvalue weighted by molar-refractivity contribution is 5.83. The number of amides is 2. The summed E-state index contributed by atoms with van der Waals surface area (Å²) in [5.74, 6) is -1.40. The summed E-state index contributed by atoms with van der Waals surface area (Å²) < 4.78 is 5.57. The average molecular weight is 467 g/mol. The van der Waals surface area contributed by atoms with E-state index in [1.165, 1.54) is 11.1 Å². The van der Waals surface area contributed by atoms with Gasteiger partial charge in [0.2, 0.25) is 5.91 Å². The van der Waals surface area contributed by atoms with Crippen LogP contribution >= 0.6 is 0 Å². The smallest absolute Gasteiger partial charge is 0.407 e. The number of nitrogens with one attached hydrogen (secondary N) is 2. The van der Waals surface area contributed by atoms with Crippen molar-refractivity contribution >= 4 is 18.0 Å². The van der Waals surface area contributed by atoms with Gasteiger partial charge < -0.3 is 20.5 Å². The van der Waals surface area contributed by atoms with Crippen LogP contribution in [0, 0.1) is 11.8 Å². The minimum absolute atomic E-state index is 0.0173. The Kier molecular flexibility index (Phi) is 8.68. The number of carbonyl (C=O) groups excluding carboxylic acids is 2. The fourth-order valence-corrected chi connectivity index (χ4v) is 4.44. The Morgan fingerprint density at radius 1 is 1.00 bits per heavy atom. The number of hydrogen-bond donors (Lipinski definition) is 3. The number of alkyl carbamates (subject to hydrolysis) is 1. The molecular weight excluding hydrogens is 432 g/mol. The number of benzene rings is 2. The topological polar surface area (TPSA) is 105 Å². The summed E-state index contributed by atoms with van der Waals surface area (Å²) in [5, 5.41) is 14.6. The number of hydrogen-bond acceptors (Lipinski definition) is 4. The maximum atomic E-state index is 12.5. The van der Waals surface area contributed by atoms with Crippen molar-refractivity contribution in [2.24, 2.45) is 11.8 Å². The summed E-state index contributed by atoms with van der Waals surface area (Å²) in [7, 11) is 0. The van der Waals surface area contributed by atoms with Crippen molar-refractivity contribution in [3.8, 4) is 11.1 Å². The van der Waals surface area contributed by atoms with Gasteiger partial charge in [-0.25, -0.2) is 9.59 Å². The van der Waals surface area contributed by atoms with Crippen LogP contribution in [0.1, 0.15) is 57.1 Å². The van der Waals surface area contributed by atoms with Crippen LogP contribution in [0.5, 0.6) is 0 Å². The molecule has 1 aliphatic carbocycles.